The second-order valence-corrected chi connectivity index (χ2v) is 13.7. The van der Waals surface area contributed by atoms with Crippen molar-refractivity contribution in [1.82, 2.24) is 7.94 Å². The zero-order valence-electron chi connectivity index (χ0n) is 22.8. The van der Waals surface area contributed by atoms with Crippen LogP contribution in [0.3, 0.4) is 0 Å². The van der Waals surface area contributed by atoms with Crippen molar-refractivity contribution >= 4 is 47.8 Å². The second-order valence-electron chi connectivity index (χ2n) is 10.0. The monoisotopic (exact) mass is 598 g/mol. The highest BCUT2D eigenvalue weighted by Gasteiger charge is 2.25. The van der Waals surface area contributed by atoms with E-state index in [2.05, 4.69) is 0 Å². The van der Waals surface area contributed by atoms with Gasteiger partial charge in [0.1, 0.15) is 6.61 Å². The fraction of sp³-hybridized carbons (Fsp3) is 0.0938. The van der Waals surface area contributed by atoms with Crippen LogP contribution in [0.25, 0.3) is 21.8 Å². The van der Waals surface area contributed by atoms with Crippen LogP contribution in [0.2, 0.25) is 0 Å². The Hall–Kier alpha value is -4.67. The Morgan fingerprint density at radius 3 is 1.62 bits per heavy atom. The maximum atomic E-state index is 13.5. The van der Waals surface area contributed by atoms with Crippen molar-refractivity contribution in [1.29, 1.82) is 0 Å². The molecule has 10 heteroatoms. The Labute approximate surface area is 243 Å². The quantitative estimate of drug-likeness (QED) is 0.208. The molecule has 0 aliphatic heterocycles. The minimum Gasteiger partial charge on any atom is -0.457 e. The molecule has 0 saturated carbocycles. The van der Waals surface area contributed by atoms with E-state index in [4.69, 9.17) is 4.74 Å². The number of rotatable bonds is 7. The van der Waals surface area contributed by atoms with Crippen molar-refractivity contribution in [3.05, 3.63) is 132 Å². The van der Waals surface area contributed by atoms with Gasteiger partial charge in [0.25, 0.3) is 20.0 Å². The third-order valence-corrected chi connectivity index (χ3v) is 10.5. The van der Waals surface area contributed by atoms with Crippen molar-refractivity contribution in [2.75, 3.05) is 0 Å². The number of hydrogen-bond acceptors (Lipinski definition) is 6. The zero-order valence-corrected chi connectivity index (χ0v) is 24.4. The number of benzene rings is 4. The first-order valence-corrected chi connectivity index (χ1v) is 16.0. The Morgan fingerprint density at radius 1 is 0.619 bits per heavy atom. The highest BCUT2D eigenvalue weighted by molar-refractivity contribution is 7.90. The minimum absolute atomic E-state index is 0.0808. The van der Waals surface area contributed by atoms with Gasteiger partial charge >= 0.3 is 5.97 Å². The van der Waals surface area contributed by atoms with Crippen LogP contribution >= 0.6 is 0 Å². The first-order chi connectivity index (χ1) is 20.1. The topological polar surface area (TPSA) is 104 Å². The first-order valence-electron chi connectivity index (χ1n) is 13.1. The summed E-state index contributed by atoms with van der Waals surface area (Å²) < 4.78 is 62.0. The third kappa shape index (κ3) is 4.68. The van der Waals surface area contributed by atoms with E-state index in [-0.39, 0.29) is 22.0 Å². The molecule has 8 nitrogen and oxygen atoms in total. The number of carbonyl (C=O) groups excluding carboxylic acids is 1. The fourth-order valence-corrected chi connectivity index (χ4v) is 7.67. The number of aromatic nitrogens is 2. The molecule has 0 aliphatic carbocycles. The number of ether oxygens (including phenoxy) is 1. The van der Waals surface area contributed by atoms with Gasteiger partial charge in [-0.3, -0.25) is 0 Å². The maximum Gasteiger partial charge on any atom is 0.340 e. The summed E-state index contributed by atoms with van der Waals surface area (Å²) >= 11 is 0. The average Bonchev–Trinajstić information content (AvgIpc) is 3.57. The summed E-state index contributed by atoms with van der Waals surface area (Å²) in [6.07, 6.45) is 2.73. The molecule has 2 heterocycles. The molecule has 0 radical (unpaired) electrons. The number of nitrogens with zero attached hydrogens (tertiary/aromatic N) is 2. The molecule has 0 fully saturated rings. The molecule has 6 rings (SSSR count). The molecule has 212 valence electrons. The summed E-state index contributed by atoms with van der Waals surface area (Å²) in [5, 5.41) is 1.04. The van der Waals surface area contributed by atoms with Crippen LogP contribution in [0.4, 0.5) is 0 Å². The van der Waals surface area contributed by atoms with Crippen LogP contribution in [0.5, 0.6) is 0 Å². The van der Waals surface area contributed by atoms with Gasteiger partial charge in [0.05, 0.1) is 26.4 Å². The lowest BCUT2D eigenvalue weighted by molar-refractivity contribution is 0.0476. The number of carbonyl (C=O) groups is 1. The van der Waals surface area contributed by atoms with Crippen molar-refractivity contribution in [2.24, 2.45) is 0 Å². The number of esters is 1. The fourth-order valence-electron chi connectivity index (χ4n) is 4.91. The van der Waals surface area contributed by atoms with Gasteiger partial charge < -0.3 is 4.74 Å². The van der Waals surface area contributed by atoms with Gasteiger partial charge in [-0.15, -0.1) is 0 Å². The molecular formula is C32H26N2O6S2. The molecule has 0 N–H and O–H groups in total. The predicted molar refractivity (Wildman–Crippen MR) is 161 cm³/mol. The Bertz CT molecular complexity index is 2190. The number of fused-ring (bicyclic) bond motifs is 2. The van der Waals surface area contributed by atoms with Gasteiger partial charge in [0, 0.05) is 28.7 Å². The molecule has 0 spiro atoms. The SMILES string of the molecule is Cc1ccc(S(=O)(=O)n2cc(COC(=O)c3cn(S(=O)(=O)c4ccc(C)cc4)c4ccccc34)c3ccccc32)cc1. The van der Waals surface area contributed by atoms with E-state index in [1.807, 2.05) is 13.8 Å². The molecule has 4 aromatic carbocycles. The van der Waals surface area contributed by atoms with Crippen molar-refractivity contribution in [2.45, 2.75) is 30.2 Å². The summed E-state index contributed by atoms with van der Waals surface area (Å²) in [6, 6.07) is 26.7. The second kappa shape index (κ2) is 10.3. The van der Waals surface area contributed by atoms with Crippen LogP contribution in [0, 0.1) is 13.8 Å². The van der Waals surface area contributed by atoms with E-state index in [1.165, 1.54) is 28.5 Å². The molecule has 0 unspecified atom stereocenters. The Kier molecular flexibility index (Phi) is 6.75. The Morgan fingerprint density at radius 2 is 1.07 bits per heavy atom. The molecule has 0 aliphatic rings. The van der Waals surface area contributed by atoms with E-state index in [0.717, 1.165) is 15.1 Å². The van der Waals surface area contributed by atoms with E-state index in [1.54, 1.807) is 84.9 Å². The number of para-hydroxylation sites is 2. The zero-order chi connectivity index (χ0) is 29.6. The summed E-state index contributed by atoms with van der Waals surface area (Å²) in [4.78, 5) is 13.6. The van der Waals surface area contributed by atoms with Crippen molar-refractivity contribution in [3.8, 4) is 0 Å². The maximum absolute atomic E-state index is 13.5. The van der Waals surface area contributed by atoms with Crippen LogP contribution in [0.1, 0.15) is 27.0 Å². The molecule has 0 amide bonds. The van der Waals surface area contributed by atoms with Crippen molar-refractivity contribution in [3.63, 3.8) is 0 Å². The summed E-state index contributed by atoms with van der Waals surface area (Å²) in [5.74, 6) is -0.734. The minimum atomic E-state index is -3.99. The van der Waals surface area contributed by atoms with Gasteiger partial charge in [-0.1, -0.05) is 71.8 Å². The molecule has 2 aromatic heterocycles. The van der Waals surface area contributed by atoms with Crippen LogP contribution in [0.15, 0.2) is 119 Å². The highest BCUT2D eigenvalue weighted by atomic mass is 32.2. The highest BCUT2D eigenvalue weighted by Crippen LogP contribution is 2.29. The molecule has 0 saturated heterocycles. The summed E-state index contributed by atoms with van der Waals surface area (Å²) in [7, 11) is -7.91. The lowest BCUT2D eigenvalue weighted by atomic mass is 10.2. The molecular weight excluding hydrogens is 572 g/mol. The van der Waals surface area contributed by atoms with Crippen LogP contribution < -0.4 is 0 Å². The summed E-state index contributed by atoms with van der Waals surface area (Å²) in [5.41, 5.74) is 3.22. The first kappa shape index (κ1) is 27.5. The third-order valence-electron chi connectivity index (χ3n) is 7.17. The average molecular weight is 599 g/mol. The standard InChI is InChI=1S/C32H26N2O6S2/c1-22-11-15-25(16-12-22)41(36,37)33-19-24(27-7-3-5-9-30(27)33)21-40-32(35)29-20-34(31-10-6-4-8-28(29)31)42(38,39)26-17-13-23(2)14-18-26/h3-20H,21H2,1-2H3. The van der Waals surface area contributed by atoms with Crippen LogP contribution in [-0.4, -0.2) is 30.7 Å². The molecule has 0 bridgehead atoms. The van der Waals surface area contributed by atoms with E-state index in [9.17, 15) is 21.6 Å². The van der Waals surface area contributed by atoms with E-state index >= 15 is 0 Å². The van der Waals surface area contributed by atoms with E-state index < -0.39 is 26.0 Å². The van der Waals surface area contributed by atoms with Gasteiger partial charge in [-0.2, -0.15) is 0 Å². The predicted octanol–water partition coefficient (Wildman–Crippen LogP) is 6.04. The summed E-state index contributed by atoms with van der Waals surface area (Å²) in [6.45, 7) is 3.52. The molecule has 42 heavy (non-hydrogen) atoms. The number of aryl methyl sites for hydroxylation is 2. The normalized spacial score (nSPS) is 12.1. The molecule has 0 atom stereocenters. The van der Waals surface area contributed by atoms with E-state index in [0.29, 0.717) is 27.4 Å². The van der Waals surface area contributed by atoms with Crippen molar-refractivity contribution < 1.29 is 26.4 Å². The lowest BCUT2D eigenvalue weighted by Gasteiger charge is -2.07. The van der Waals surface area contributed by atoms with Gasteiger partial charge in [-0.25, -0.2) is 29.6 Å². The van der Waals surface area contributed by atoms with Gasteiger partial charge in [0.15, 0.2) is 0 Å². The number of hydrogen-bond donors (Lipinski definition) is 0. The van der Waals surface area contributed by atoms with Gasteiger partial charge in [0.2, 0.25) is 0 Å². The molecule has 6 aromatic rings. The van der Waals surface area contributed by atoms with Crippen LogP contribution in [-0.2, 0) is 31.4 Å². The largest absolute Gasteiger partial charge is 0.457 e. The lowest BCUT2D eigenvalue weighted by Crippen LogP contribution is -2.12. The Balaban J connectivity index is 1.35. The smallest absolute Gasteiger partial charge is 0.340 e. The van der Waals surface area contributed by atoms with Gasteiger partial charge in [-0.05, 0) is 50.2 Å².